The smallest absolute Gasteiger partial charge is 0.254 e. The van der Waals surface area contributed by atoms with Crippen LogP contribution in [0.2, 0.25) is 0 Å². The predicted octanol–water partition coefficient (Wildman–Crippen LogP) is 0.377. The lowest BCUT2D eigenvalue weighted by molar-refractivity contribution is -0.131. The highest BCUT2D eigenvalue weighted by molar-refractivity contribution is 5.94. The Morgan fingerprint density at radius 3 is 2.35 bits per heavy atom. The molecule has 0 atom stereocenters. The van der Waals surface area contributed by atoms with Gasteiger partial charge in [-0.2, -0.15) is 0 Å². The molecule has 6 heteroatoms. The van der Waals surface area contributed by atoms with Crippen molar-refractivity contribution in [1.29, 1.82) is 0 Å². The SMILES string of the molecule is Cc1ccc(C(=O)N2CCN(C(=O)CN)CC2)cc1F. The van der Waals surface area contributed by atoms with Crippen LogP contribution in [0.1, 0.15) is 15.9 Å². The number of nitrogens with zero attached hydrogens (tertiary/aromatic N) is 2. The highest BCUT2D eigenvalue weighted by Crippen LogP contribution is 2.13. The molecule has 1 saturated heterocycles. The quantitative estimate of drug-likeness (QED) is 0.851. The summed E-state index contributed by atoms with van der Waals surface area (Å²) in [6, 6.07) is 4.48. The van der Waals surface area contributed by atoms with Gasteiger partial charge in [-0.15, -0.1) is 0 Å². The second-order valence-electron chi connectivity index (χ2n) is 4.84. The van der Waals surface area contributed by atoms with E-state index in [4.69, 9.17) is 5.73 Å². The Balaban J connectivity index is 2.01. The van der Waals surface area contributed by atoms with Crippen molar-refractivity contribution in [2.75, 3.05) is 32.7 Å². The maximum Gasteiger partial charge on any atom is 0.254 e. The molecule has 1 aliphatic heterocycles. The van der Waals surface area contributed by atoms with Crippen LogP contribution in [0.3, 0.4) is 0 Å². The van der Waals surface area contributed by atoms with E-state index < -0.39 is 0 Å². The summed E-state index contributed by atoms with van der Waals surface area (Å²) in [5, 5.41) is 0. The van der Waals surface area contributed by atoms with Gasteiger partial charge in [-0.05, 0) is 24.6 Å². The highest BCUT2D eigenvalue weighted by Gasteiger charge is 2.24. The molecule has 2 amide bonds. The molecule has 0 aromatic heterocycles. The van der Waals surface area contributed by atoms with Crippen molar-refractivity contribution in [2.24, 2.45) is 5.73 Å². The van der Waals surface area contributed by atoms with Crippen molar-refractivity contribution >= 4 is 11.8 Å². The number of benzene rings is 1. The summed E-state index contributed by atoms with van der Waals surface area (Å²) in [6.45, 7) is 3.46. The number of amides is 2. The maximum atomic E-state index is 13.5. The van der Waals surface area contributed by atoms with Crippen LogP contribution in [0, 0.1) is 12.7 Å². The number of halogens is 1. The minimum Gasteiger partial charge on any atom is -0.338 e. The summed E-state index contributed by atoms with van der Waals surface area (Å²) in [4.78, 5) is 27.0. The third-order valence-corrected chi connectivity index (χ3v) is 3.51. The summed E-state index contributed by atoms with van der Waals surface area (Å²) in [5.41, 5.74) is 6.16. The van der Waals surface area contributed by atoms with E-state index in [0.717, 1.165) is 0 Å². The molecule has 2 N–H and O–H groups in total. The lowest BCUT2D eigenvalue weighted by Gasteiger charge is -2.34. The van der Waals surface area contributed by atoms with Gasteiger partial charge in [0.15, 0.2) is 0 Å². The van der Waals surface area contributed by atoms with Gasteiger partial charge in [0.1, 0.15) is 5.82 Å². The van der Waals surface area contributed by atoms with Crippen molar-refractivity contribution in [3.05, 3.63) is 35.1 Å². The molecule has 1 fully saturated rings. The normalized spacial score (nSPS) is 15.3. The fourth-order valence-electron chi connectivity index (χ4n) is 2.20. The van der Waals surface area contributed by atoms with Gasteiger partial charge in [-0.3, -0.25) is 9.59 Å². The third kappa shape index (κ3) is 2.96. The van der Waals surface area contributed by atoms with Gasteiger partial charge in [0.25, 0.3) is 5.91 Å². The summed E-state index contributed by atoms with van der Waals surface area (Å²) in [5.74, 6) is -0.699. The van der Waals surface area contributed by atoms with Crippen LogP contribution in [0.15, 0.2) is 18.2 Å². The molecule has 5 nitrogen and oxygen atoms in total. The van der Waals surface area contributed by atoms with Gasteiger partial charge in [0, 0.05) is 31.7 Å². The number of piperazine rings is 1. The van der Waals surface area contributed by atoms with E-state index in [-0.39, 0.29) is 24.2 Å². The summed E-state index contributed by atoms with van der Waals surface area (Å²) < 4.78 is 13.5. The standard InChI is InChI=1S/C14H18FN3O2/c1-10-2-3-11(8-12(10)15)14(20)18-6-4-17(5-7-18)13(19)9-16/h2-3,8H,4-7,9,16H2,1H3. The molecule has 20 heavy (non-hydrogen) atoms. The van der Waals surface area contributed by atoms with Gasteiger partial charge >= 0.3 is 0 Å². The summed E-state index contributed by atoms with van der Waals surface area (Å²) in [6.07, 6.45) is 0. The van der Waals surface area contributed by atoms with E-state index in [9.17, 15) is 14.0 Å². The Labute approximate surface area is 117 Å². The van der Waals surface area contributed by atoms with E-state index in [2.05, 4.69) is 0 Å². The number of rotatable bonds is 2. The number of carbonyl (C=O) groups is 2. The summed E-state index contributed by atoms with van der Waals surface area (Å²) in [7, 11) is 0. The van der Waals surface area contributed by atoms with Crippen molar-refractivity contribution in [3.63, 3.8) is 0 Å². The second kappa shape index (κ2) is 6.00. The Morgan fingerprint density at radius 2 is 1.80 bits per heavy atom. The van der Waals surface area contributed by atoms with Crippen LogP contribution < -0.4 is 5.73 Å². The molecule has 1 heterocycles. The van der Waals surface area contributed by atoms with Gasteiger partial charge in [-0.1, -0.05) is 6.07 Å². The number of hydrogen-bond donors (Lipinski definition) is 1. The van der Waals surface area contributed by atoms with Gasteiger partial charge in [0.05, 0.1) is 6.54 Å². The largest absolute Gasteiger partial charge is 0.338 e. The molecule has 0 bridgehead atoms. The van der Waals surface area contributed by atoms with Crippen molar-refractivity contribution in [2.45, 2.75) is 6.92 Å². The van der Waals surface area contributed by atoms with E-state index >= 15 is 0 Å². The van der Waals surface area contributed by atoms with Crippen LogP contribution >= 0.6 is 0 Å². The van der Waals surface area contributed by atoms with E-state index in [1.54, 1.807) is 28.9 Å². The first-order valence-electron chi connectivity index (χ1n) is 6.56. The second-order valence-corrected chi connectivity index (χ2v) is 4.84. The average molecular weight is 279 g/mol. The fourth-order valence-corrected chi connectivity index (χ4v) is 2.20. The van der Waals surface area contributed by atoms with Crippen LogP contribution in [0.25, 0.3) is 0 Å². The van der Waals surface area contributed by atoms with Crippen LogP contribution in [0.4, 0.5) is 4.39 Å². The molecule has 1 aliphatic rings. The minimum atomic E-state index is -0.382. The molecule has 0 aliphatic carbocycles. The van der Waals surface area contributed by atoms with E-state index in [0.29, 0.717) is 37.3 Å². The topological polar surface area (TPSA) is 66.6 Å². The van der Waals surface area contributed by atoms with Gasteiger partial charge in [-0.25, -0.2) is 4.39 Å². The van der Waals surface area contributed by atoms with Crippen molar-refractivity contribution < 1.29 is 14.0 Å². The zero-order chi connectivity index (χ0) is 14.7. The third-order valence-electron chi connectivity index (χ3n) is 3.51. The molecular formula is C14H18FN3O2. The molecule has 0 radical (unpaired) electrons. The predicted molar refractivity (Wildman–Crippen MR) is 72.7 cm³/mol. The number of carbonyl (C=O) groups excluding carboxylic acids is 2. The molecule has 0 saturated carbocycles. The van der Waals surface area contributed by atoms with Crippen molar-refractivity contribution in [1.82, 2.24) is 9.80 Å². The zero-order valence-corrected chi connectivity index (χ0v) is 11.4. The molecule has 1 aromatic rings. The molecule has 108 valence electrons. The molecule has 1 aromatic carbocycles. The van der Waals surface area contributed by atoms with Gasteiger partial charge < -0.3 is 15.5 Å². The Kier molecular flexibility index (Phi) is 4.34. The molecular weight excluding hydrogens is 261 g/mol. The Bertz CT molecular complexity index is 525. The zero-order valence-electron chi connectivity index (χ0n) is 11.4. The lowest BCUT2D eigenvalue weighted by Crippen LogP contribution is -2.51. The first-order chi connectivity index (χ1) is 9.52. The lowest BCUT2D eigenvalue weighted by atomic mass is 10.1. The summed E-state index contributed by atoms with van der Waals surface area (Å²) >= 11 is 0. The van der Waals surface area contributed by atoms with E-state index in [1.807, 2.05) is 0 Å². The molecule has 0 spiro atoms. The number of hydrogen-bond acceptors (Lipinski definition) is 3. The van der Waals surface area contributed by atoms with Crippen LogP contribution in [-0.2, 0) is 4.79 Å². The Morgan fingerprint density at radius 1 is 1.20 bits per heavy atom. The first kappa shape index (κ1) is 14.5. The average Bonchev–Trinajstić information content (AvgIpc) is 2.48. The van der Waals surface area contributed by atoms with E-state index in [1.165, 1.54) is 6.07 Å². The first-order valence-corrected chi connectivity index (χ1v) is 6.56. The highest BCUT2D eigenvalue weighted by atomic mass is 19.1. The van der Waals surface area contributed by atoms with Crippen molar-refractivity contribution in [3.8, 4) is 0 Å². The fraction of sp³-hybridized carbons (Fsp3) is 0.429. The maximum absolute atomic E-state index is 13.5. The van der Waals surface area contributed by atoms with Gasteiger partial charge in [0.2, 0.25) is 5.91 Å². The Hall–Kier alpha value is -1.95. The minimum absolute atomic E-state index is 0.0167. The monoisotopic (exact) mass is 279 g/mol. The number of aryl methyl sites for hydroxylation is 1. The molecule has 0 unspecified atom stereocenters. The number of nitrogens with two attached hydrogens (primary N) is 1. The van der Waals surface area contributed by atoms with Crippen LogP contribution in [0.5, 0.6) is 0 Å². The van der Waals surface area contributed by atoms with Crippen LogP contribution in [-0.4, -0.2) is 54.3 Å². The molecule has 2 rings (SSSR count).